The summed E-state index contributed by atoms with van der Waals surface area (Å²) in [6.45, 7) is 2.51. The van der Waals surface area contributed by atoms with E-state index in [9.17, 15) is 14.4 Å². The van der Waals surface area contributed by atoms with Crippen molar-refractivity contribution in [3.05, 3.63) is 77.7 Å². The standard InChI is InChI=1S/C35H41N7O3.ClH/c1-21-29(15-16-31(39-21)33(43)40-27-3-2-4-27)24-9-5-22(6-10-24)17-30(37)35(45)42(28-14-13-26-20-38-41-32(26)18-28)34(44)25-11-7-23(19-36)8-12-25;/h5-6,9-10,13-16,18,20,23,25,27,30H,2-4,7-8,11-12,17,19,36-37H2,1H3,(H,38,41)(H,40,43);1H/t23?,25?,30-;/m0./s1. The second kappa shape index (κ2) is 14.5. The van der Waals surface area contributed by atoms with Gasteiger partial charge in [-0.25, -0.2) is 9.88 Å². The van der Waals surface area contributed by atoms with E-state index in [1.807, 2.05) is 43.3 Å². The van der Waals surface area contributed by atoms with Crippen molar-refractivity contribution in [1.82, 2.24) is 20.5 Å². The maximum atomic E-state index is 13.9. The van der Waals surface area contributed by atoms with Crippen LogP contribution in [0.4, 0.5) is 5.69 Å². The van der Waals surface area contributed by atoms with Gasteiger partial charge in [0, 0.05) is 28.6 Å². The van der Waals surface area contributed by atoms with Gasteiger partial charge in [-0.1, -0.05) is 30.3 Å². The number of aryl methyl sites for hydroxylation is 1. The van der Waals surface area contributed by atoms with Gasteiger partial charge in [-0.05, 0) is 106 Å². The normalized spacial score (nSPS) is 18.7. The number of pyridine rings is 1. The number of aromatic amines is 1. The number of hydrogen-bond acceptors (Lipinski definition) is 7. The summed E-state index contributed by atoms with van der Waals surface area (Å²) in [7, 11) is 0. The van der Waals surface area contributed by atoms with Gasteiger partial charge in [0.15, 0.2) is 0 Å². The number of hydrogen-bond donors (Lipinski definition) is 4. The number of nitrogens with two attached hydrogens (primary N) is 2. The van der Waals surface area contributed by atoms with Gasteiger partial charge in [-0.2, -0.15) is 5.10 Å². The Labute approximate surface area is 275 Å². The van der Waals surface area contributed by atoms with Crippen LogP contribution in [0.3, 0.4) is 0 Å². The molecule has 6 N–H and O–H groups in total. The Hall–Kier alpha value is -4.12. The van der Waals surface area contributed by atoms with Crippen LogP contribution in [0.25, 0.3) is 22.0 Å². The number of anilines is 1. The minimum Gasteiger partial charge on any atom is -0.348 e. The Morgan fingerprint density at radius 2 is 1.74 bits per heavy atom. The number of nitrogens with zero attached hydrogens (tertiary/aromatic N) is 3. The fraction of sp³-hybridized carbons (Fsp3) is 0.400. The van der Waals surface area contributed by atoms with Gasteiger partial charge in [-0.3, -0.25) is 19.5 Å². The minimum atomic E-state index is -0.922. The SMILES string of the molecule is Cc1nc(C(=O)NC2CCC2)ccc1-c1ccc(C[C@H](N)C(=O)N(C(=O)C2CCC(CN)CC2)c2ccc3cn[nH]c3c2)cc1.Cl. The van der Waals surface area contributed by atoms with E-state index in [2.05, 4.69) is 20.5 Å². The van der Waals surface area contributed by atoms with Gasteiger partial charge >= 0.3 is 0 Å². The summed E-state index contributed by atoms with van der Waals surface area (Å²) in [6, 6.07) is 16.2. The summed E-state index contributed by atoms with van der Waals surface area (Å²) < 4.78 is 0. The molecule has 2 fully saturated rings. The third kappa shape index (κ3) is 7.14. The molecule has 1 atom stereocenters. The van der Waals surface area contributed by atoms with Crippen molar-refractivity contribution >= 4 is 46.7 Å². The highest BCUT2D eigenvalue weighted by Gasteiger charge is 2.35. The lowest BCUT2D eigenvalue weighted by atomic mass is 9.81. The van der Waals surface area contributed by atoms with E-state index in [1.54, 1.807) is 24.4 Å². The molecule has 2 aliphatic carbocycles. The fourth-order valence-electron chi connectivity index (χ4n) is 6.39. The lowest BCUT2D eigenvalue weighted by Gasteiger charge is -2.32. The van der Waals surface area contributed by atoms with Gasteiger partial charge < -0.3 is 16.8 Å². The molecule has 0 unspecified atom stereocenters. The molecule has 0 spiro atoms. The summed E-state index contributed by atoms with van der Waals surface area (Å²) in [4.78, 5) is 46.2. The molecular weight excluding hydrogens is 602 g/mol. The number of halogens is 1. The second-order valence-electron chi connectivity index (χ2n) is 12.5. The average Bonchev–Trinajstić information content (AvgIpc) is 3.51. The molecule has 0 aliphatic heterocycles. The number of nitrogens with one attached hydrogen (secondary N) is 2. The van der Waals surface area contributed by atoms with Gasteiger partial charge in [0.2, 0.25) is 5.91 Å². The van der Waals surface area contributed by atoms with Crippen LogP contribution in [0.5, 0.6) is 0 Å². The van der Waals surface area contributed by atoms with Crippen LogP contribution < -0.4 is 21.7 Å². The van der Waals surface area contributed by atoms with Crippen LogP contribution in [-0.4, -0.2) is 51.5 Å². The molecule has 0 bridgehead atoms. The van der Waals surface area contributed by atoms with Crippen LogP contribution >= 0.6 is 12.4 Å². The topological polar surface area (TPSA) is 160 Å². The maximum Gasteiger partial charge on any atom is 0.270 e. The predicted octanol–water partition coefficient (Wildman–Crippen LogP) is 4.83. The van der Waals surface area contributed by atoms with Gasteiger partial charge in [0.1, 0.15) is 5.69 Å². The molecule has 46 heavy (non-hydrogen) atoms. The molecule has 3 amide bonds. The first-order valence-electron chi connectivity index (χ1n) is 15.9. The fourth-order valence-corrected chi connectivity index (χ4v) is 6.39. The molecule has 10 nitrogen and oxygen atoms in total. The number of benzene rings is 2. The molecular formula is C35H42ClN7O3. The van der Waals surface area contributed by atoms with Crippen LogP contribution in [0.2, 0.25) is 0 Å². The summed E-state index contributed by atoms with van der Waals surface area (Å²) in [5.41, 5.74) is 17.6. The van der Waals surface area contributed by atoms with E-state index >= 15 is 0 Å². The first-order chi connectivity index (χ1) is 21.8. The first kappa shape index (κ1) is 33.2. The Bertz CT molecular complexity index is 1690. The highest BCUT2D eigenvalue weighted by atomic mass is 35.5. The quantitative estimate of drug-likeness (QED) is 0.203. The van der Waals surface area contributed by atoms with E-state index in [0.29, 0.717) is 36.7 Å². The zero-order chi connectivity index (χ0) is 31.5. The zero-order valence-electron chi connectivity index (χ0n) is 26.1. The summed E-state index contributed by atoms with van der Waals surface area (Å²) in [5.74, 6) is -0.622. The van der Waals surface area contributed by atoms with E-state index in [4.69, 9.17) is 11.5 Å². The zero-order valence-corrected chi connectivity index (χ0v) is 26.9. The van der Waals surface area contributed by atoms with Crippen LogP contribution in [-0.2, 0) is 16.0 Å². The summed E-state index contributed by atoms with van der Waals surface area (Å²) in [5, 5.41) is 10.9. The largest absolute Gasteiger partial charge is 0.348 e. The number of rotatable bonds is 9. The number of fused-ring (bicyclic) bond motifs is 1. The maximum absolute atomic E-state index is 13.9. The third-order valence-electron chi connectivity index (χ3n) is 9.45. The van der Waals surface area contributed by atoms with Crippen molar-refractivity contribution in [3.63, 3.8) is 0 Å². The summed E-state index contributed by atoms with van der Waals surface area (Å²) in [6.07, 6.45) is 8.33. The van der Waals surface area contributed by atoms with Crippen molar-refractivity contribution in [2.45, 2.75) is 70.4 Å². The van der Waals surface area contributed by atoms with Crippen molar-refractivity contribution < 1.29 is 14.4 Å². The first-order valence-corrected chi connectivity index (χ1v) is 15.9. The minimum absolute atomic E-state index is 0. The molecule has 4 aromatic rings. The summed E-state index contributed by atoms with van der Waals surface area (Å²) >= 11 is 0. The Balaban J connectivity index is 0.00000417. The molecule has 2 heterocycles. The van der Waals surface area contributed by atoms with E-state index in [-0.39, 0.29) is 42.6 Å². The Morgan fingerprint density at radius 1 is 1.00 bits per heavy atom. The number of carbonyl (C=O) groups is 3. The molecule has 2 saturated carbocycles. The number of carbonyl (C=O) groups excluding carboxylic acids is 3. The number of imide groups is 1. The molecule has 242 valence electrons. The number of H-pyrrole nitrogens is 1. The van der Waals surface area contributed by atoms with Crippen LogP contribution in [0.15, 0.2) is 60.8 Å². The molecule has 6 rings (SSSR count). The average molecular weight is 644 g/mol. The molecule has 2 aliphatic rings. The van der Waals surface area contributed by atoms with Crippen molar-refractivity contribution in [2.75, 3.05) is 11.4 Å². The Morgan fingerprint density at radius 3 is 2.39 bits per heavy atom. The molecule has 11 heteroatoms. The van der Waals surface area contributed by atoms with Gasteiger partial charge in [-0.15, -0.1) is 12.4 Å². The third-order valence-corrected chi connectivity index (χ3v) is 9.45. The molecule has 2 aromatic heterocycles. The van der Waals surface area contributed by atoms with Crippen molar-refractivity contribution in [3.8, 4) is 11.1 Å². The van der Waals surface area contributed by atoms with E-state index < -0.39 is 11.9 Å². The molecule has 0 radical (unpaired) electrons. The Kier molecular flexibility index (Phi) is 10.5. The monoisotopic (exact) mass is 643 g/mol. The lowest BCUT2D eigenvalue weighted by molar-refractivity contribution is -0.130. The molecule has 2 aromatic carbocycles. The smallest absolute Gasteiger partial charge is 0.270 e. The van der Waals surface area contributed by atoms with E-state index in [0.717, 1.165) is 65.4 Å². The van der Waals surface area contributed by atoms with Gasteiger partial charge in [0.25, 0.3) is 11.8 Å². The highest BCUT2D eigenvalue weighted by molar-refractivity contribution is 6.17. The van der Waals surface area contributed by atoms with E-state index in [1.165, 1.54) is 4.90 Å². The van der Waals surface area contributed by atoms with Gasteiger partial charge in [0.05, 0.1) is 23.4 Å². The number of amides is 3. The number of aromatic nitrogens is 3. The van der Waals surface area contributed by atoms with Crippen molar-refractivity contribution in [1.29, 1.82) is 0 Å². The van der Waals surface area contributed by atoms with Crippen LogP contribution in [0, 0.1) is 18.8 Å². The van der Waals surface area contributed by atoms with Crippen LogP contribution in [0.1, 0.15) is 66.7 Å². The van der Waals surface area contributed by atoms with Crippen molar-refractivity contribution in [2.24, 2.45) is 23.3 Å². The highest BCUT2D eigenvalue weighted by Crippen LogP contribution is 2.32. The predicted molar refractivity (Wildman–Crippen MR) is 182 cm³/mol. The second-order valence-corrected chi connectivity index (χ2v) is 12.5. The lowest BCUT2D eigenvalue weighted by Crippen LogP contribution is -2.50. The molecule has 0 saturated heterocycles.